The Balaban J connectivity index is 2.30. The fourth-order valence-corrected chi connectivity index (χ4v) is 2.36. The summed E-state index contributed by atoms with van der Waals surface area (Å²) in [6, 6.07) is 6.31. The topological polar surface area (TPSA) is 20.3 Å². The van der Waals surface area contributed by atoms with E-state index in [1.165, 1.54) is 23.2 Å². The largest absolute Gasteiger partial charge is 0.371 e. The van der Waals surface area contributed by atoms with Crippen molar-refractivity contribution in [2.75, 3.05) is 18.0 Å². The van der Waals surface area contributed by atoms with E-state index in [9.17, 15) is 4.79 Å². The maximum Gasteiger partial charge on any atom is 0.124 e. The van der Waals surface area contributed by atoms with Gasteiger partial charge >= 0.3 is 0 Å². The second-order valence-corrected chi connectivity index (χ2v) is 4.02. The lowest BCUT2D eigenvalue weighted by molar-refractivity contribution is -0.107. The van der Waals surface area contributed by atoms with Crippen molar-refractivity contribution in [2.24, 2.45) is 0 Å². The van der Waals surface area contributed by atoms with E-state index in [0.29, 0.717) is 6.42 Å². The maximum absolute atomic E-state index is 10.6. The molecule has 0 radical (unpaired) electrons. The maximum atomic E-state index is 10.6. The molecule has 1 aromatic rings. The second kappa shape index (κ2) is 4.47. The van der Waals surface area contributed by atoms with E-state index in [1.807, 2.05) is 0 Å². The summed E-state index contributed by atoms with van der Waals surface area (Å²) < 4.78 is 0. The summed E-state index contributed by atoms with van der Waals surface area (Å²) in [5, 5.41) is 0. The molecule has 2 heteroatoms. The van der Waals surface area contributed by atoms with Crippen LogP contribution in [0.3, 0.4) is 0 Å². The van der Waals surface area contributed by atoms with Crippen LogP contribution in [0.15, 0.2) is 18.2 Å². The van der Waals surface area contributed by atoms with Crippen molar-refractivity contribution in [3.63, 3.8) is 0 Å². The molecule has 0 bridgehead atoms. The van der Waals surface area contributed by atoms with Crippen molar-refractivity contribution in [2.45, 2.75) is 26.2 Å². The summed E-state index contributed by atoms with van der Waals surface area (Å²) in [5.41, 5.74) is 3.94. The number of carbonyl (C=O) groups excluding carboxylic acids is 1. The summed E-state index contributed by atoms with van der Waals surface area (Å²) in [6.07, 6.45) is 3.83. The van der Waals surface area contributed by atoms with Gasteiger partial charge in [-0.15, -0.1) is 0 Å². The molecule has 0 unspecified atom stereocenters. The molecule has 0 aliphatic carbocycles. The molecule has 15 heavy (non-hydrogen) atoms. The van der Waals surface area contributed by atoms with Gasteiger partial charge in [-0.25, -0.2) is 0 Å². The molecule has 2 nitrogen and oxygen atoms in total. The monoisotopic (exact) mass is 203 g/mol. The quantitative estimate of drug-likeness (QED) is 0.699. The lowest BCUT2D eigenvalue weighted by Gasteiger charge is -2.18. The summed E-state index contributed by atoms with van der Waals surface area (Å²) in [7, 11) is 0. The molecule has 1 aromatic carbocycles. The summed E-state index contributed by atoms with van der Waals surface area (Å²) in [4.78, 5) is 13.0. The molecule has 0 saturated carbocycles. The van der Waals surface area contributed by atoms with Gasteiger partial charge < -0.3 is 9.69 Å². The fourth-order valence-electron chi connectivity index (χ4n) is 2.36. The zero-order valence-electron chi connectivity index (χ0n) is 9.20. The average molecular weight is 203 g/mol. The summed E-state index contributed by atoms with van der Waals surface area (Å²) >= 11 is 0. The minimum Gasteiger partial charge on any atom is -0.371 e. The van der Waals surface area contributed by atoms with Gasteiger partial charge in [-0.3, -0.25) is 0 Å². The molecular formula is C13H17NO. The smallest absolute Gasteiger partial charge is 0.124 e. The van der Waals surface area contributed by atoms with Crippen LogP contribution < -0.4 is 4.90 Å². The normalized spacial score (nSPS) is 14.1. The van der Waals surface area contributed by atoms with Gasteiger partial charge in [0.1, 0.15) is 6.29 Å². The molecule has 80 valence electrons. The van der Waals surface area contributed by atoms with E-state index in [0.717, 1.165) is 25.8 Å². The van der Waals surface area contributed by atoms with Crippen LogP contribution in [0.4, 0.5) is 5.69 Å². The molecule has 1 heterocycles. The summed E-state index contributed by atoms with van der Waals surface area (Å²) in [6.45, 7) is 4.43. The molecule has 1 aliphatic rings. The Hall–Kier alpha value is -1.31. The van der Waals surface area contributed by atoms with E-state index in [-0.39, 0.29) is 0 Å². The van der Waals surface area contributed by atoms with Crippen molar-refractivity contribution in [3.05, 3.63) is 29.3 Å². The fraction of sp³-hybridized carbons (Fsp3) is 0.462. The van der Waals surface area contributed by atoms with Gasteiger partial charge in [0.05, 0.1) is 0 Å². The molecule has 0 aromatic heterocycles. The number of hydrogen-bond donors (Lipinski definition) is 0. The third kappa shape index (κ3) is 1.89. The Bertz CT molecular complexity index is 360. The number of aldehydes is 1. The number of fused-ring (bicyclic) bond motifs is 1. The van der Waals surface area contributed by atoms with Gasteiger partial charge in [0, 0.05) is 25.2 Å². The van der Waals surface area contributed by atoms with Crippen molar-refractivity contribution in [3.8, 4) is 0 Å². The average Bonchev–Trinajstić information content (AvgIpc) is 2.64. The Kier molecular flexibility index (Phi) is 3.05. The number of hydrogen-bond acceptors (Lipinski definition) is 2. The summed E-state index contributed by atoms with van der Waals surface area (Å²) in [5.74, 6) is 0. The zero-order chi connectivity index (χ0) is 10.7. The van der Waals surface area contributed by atoms with E-state index < -0.39 is 0 Å². The molecule has 0 fully saturated rings. The van der Waals surface area contributed by atoms with Crippen LogP contribution in [0.25, 0.3) is 0 Å². The number of anilines is 1. The Morgan fingerprint density at radius 1 is 1.47 bits per heavy atom. The highest BCUT2D eigenvalue weighted by Gasteiger charge is 2.20. The first-order valence-electron chi connectivity index (χ1n) is 5.66. The van der Waals surface area contributed by atoms with Gasteiger partial charge in [-0.1, -0.05) is 19.1 Å². The lowest BCUT2D eigenvalue weighted by Crippen LogP contribution is -2.20. The lowest BCUT2D eigenvalue weighted by atomic mass is 10.0. The third-order valence-electron chi connectivity index (χ3n) is 3.02. The van der Waals surface area contributed by atoms with Crippen LogP contribution in [0.2, 0.25) is 0 Å². The molecular weight excluding hydrogens is 186 g/mol. The first-order valence-corrected chi connectivity index (χ1v) is 5.66. The minimum absolute atomic E-state index is 0.559. The molecule has 0 amide bonds. The third-order valence-corrected chi connectivity index (χ3v) is 3.02. The van der Waals surface area contributed by atoms with Crippen LogP contribution in [-0.2, 0) is 17.6 Å². The van der Waals surface area contributed by atoms with Crippen LogP contribution >= 0.6 is 0 Å². The Morgan fingerprint density at radius 2 is 2.33 bits per heavy atom. The second-order valence-electron chi connectivity index (χ2n) is 4.02. The van der Waals surface area contributed by atoms with Crippen LogP contribution in [0, 0.1) is 0 Å². The van der Waals surface area contributed by atoms with Crippen molar-refractivity contribution in [1.29, 1.82) is 0 Å². The Labute approximate surface area is 90.9 Å². The molecule has 0 spiro atoms. The van der Waals surface area contributed by atoms with Crippen LogP contribution in [0.1, 0.15) is 24.5 Å². The van der Waals surface area contributed by atoms with Gasteiger partial charge in [0.2, 0.25) is 0 Å². The standard InChI is InChI=1S/C13H17NO/c1-2-8-14-9-6-12-11(7-10-15)4-3-5-13(12)14/h3-5,10H,2,6-9H2,1H3. The minimum atomic E-state index is 0.559. The molecule has 0 atom stereocenters. The van der Waals surface area contributed by atoms with Gasteiger partial charge in [0.15, 0.2) is 0 Å². The van der Waals surface area contributed by atoms with E-state index >= 15 is 0 Å². The number of carbonyl (C=O) groups is 1. The predicted molar refractivity (Wildman–Crippen MR) is 62.4 cm³/mol. The molecule has 0 saturated heterocycles. The van der Waals surface area contributed by atoms with E-state index in [2.05, 4.69) is 30.0 Å². The van der Waals surface area contributed by atoms with Crippen molar-refractivity contribution in [1.82, 2.24) is 0 Å². The predicted octanol–water partition coefficient (Wildman–Crippen LogP) is 2.20. The number of nitrogens with zero attached hydrogens (tertiary/aromatic N) is 1. The van der Waals surface area contributed by atoms with Crippen molar-refractivity contribution >= 4 is 12.0 Å². The van der Waals surface area contributed by atoms with Gasteiger partial charge in [0.25, 0.3) is 0 Å². The van der Waals surface area contributed by atoms with Gasteiger partial charge in [-0.2, -0.15) is 0 Å². The number of benzene rings is 1. The molecule has 1 aliphatic heterocycles. The first-order chi connectivity index (χ1) is 7.36. The molecule has 0 N–H and O–H groups in total. The Morgan fingerprint density at radius 3 is 3.07 bits per heavy atom. The van der Waals surface area contributed by atoms with E-state index in [4.69, 9.17) is 0 Å². The highest BCUT2D eigenvalue weighted by atomic mass is 16.1. The first kappa shape index (κ1) is 10.2. The van der Waals surface area contributed by atoms with Crippen LogP contribution in [0.5, 0.6) is 0 Å². The zero-order valence-corrected chi connectivity index (χ0v) is 9.20. The van der Waals surface area contributed by atoms with Gasteiger partial charge in [-0.05, 0) is 30.0 Å². The number of rotatable bonds is 4. The molecule has 2 rings (SSSR count). The van der Waals surface area contributed by atoms with E-state index in [1.54, 1.807) is 0 Å². The highest BCUT2D eigenvalue weighted by molar-refractivity contribution is 5.65. The van der Waals surface area contributed by atoms with Crippen molar-refractivity contribution < 1.29 is 4.79 Å². The highest BCUT2D eigenvalue weighted by Crippen LogP contribution is 2.30. The van der Waals surface area contributed by atoms with Crippen LogP contribution in [-0.4, -0.2) is 19.4 Å². The SMILES string of the molecule is CCCN1CCc2c(CC=O)cccc21.